The van der Waals surface area contributed by atoms with Crippen LogP contribution in [0.3, 0.4) is 0 Å². The fourth-order valence-electron chi connectivity index (χ4n) is 2.64. The minimum absolute atomic E-state index is 0.291. The van der Waals surface area contributed by atoms with Gasteiger partial charge >= 0.3 is 0 Å². The third kappa shape index (κ3) is 2.33. The van der Waals surface area contributed by atoms with Crippen molar-refractivity contribution in [3.8, 4) is 9.75 Å². The number of ketones is 2. The Morgan fingerprint density at radius 3 is 2.05 bits per heavy atom. The van der Waals surface area contributed by atoms with Gasteiger partial charge < -0.3 is 0 Å². The lowest BCUT2D eigenvalue weighted by Crippen LogP contribution is -2.41. The highest BCUT2D eigenvalue weighted by Crippen LogP contribution is 2.40. The van der Waals surface area contributed by atoms with Crippen LogP contribution >= 0.6 is 22.7 Å². The molecule has 116 valence electrons. The van der Waals surface area contributed by atoms with Crippen LogP contribution in [0, 0.1) is 0 Å². The van der Waals surface area contributed by atoms with E-state index < -0.39 is 16.1 Å². The Morgan fingerprint density at radius 1 is 0.864 bits per heavy atom. The van der Waals surface area contributed by atoms with Crippen LogP contribution in [0.4, 0.5) is 0 Å². The van der Waals surface area contributed by atoms with E-state index in [1.807, 2.05) is 6.07 Å². The molecule has 1 aliphatic carbocycles. The molecule has 0 radical (unpaired) electrons. The van der Waals surface area contributed by atoms with Gasteiger partial charge in [-0.1, -0.05) is 39.3 Å². The first-order chi connectivity index (χ1) is 10.0. The molecule has 22 heavy (non-hydrogen) atoms. The van der Waals surface area contributed by atoms with Crippen molar-refractivity contribution in [2.24, 2.45) is 0 Å². The fraction of sp³-hybridized carbons (Fsp3) is 0.375. The van der Waals surface area contributed by atoms with Crippen molar-refractivity contribution >= 4 is 60.1 Å². The molecule has 3 rings (SSSR count). The van der Waals surface area contributed by atoms with E-state index in [2.05, 4.69) is 44.7 Å². The zero-order valence-corrected chi connectivity index (χ0v) is 17.4. The number of Topliss-reactive ketones (excluding diaryl/α,β-unsaturated/α-hetero) is 2. The van der Waals surface area contributed by atoms with E-state index in [0.29, 0.717) is 11.1 Å². The lowest BCUT2D eigenvalue weighted by molar-refractivity contribution is 0.0816. The van der Waals surface area contributed by atoms with E-state index in [1.165, 1.54) is 4.50 Å². The molecule has 0 amide bonds. The largest absolute Gasteiger partial charge is 0.285 e. The summed E-state index contributed by atoms with van der Waals surface area (Å²) in [5.41, 5.74) is 1.36. The van der Waals surface area contributed by atoms with Gasteiger partial charge in [0, 0.05) is 11.1 Å². The average Bonchev–Trinajstić information content (AvgIpc) is 2.97. The van der Waals surface area contributed by atoms with Gasteiger partial charge in [-0.15, -0.1) is 22.7 Å². The summed E-state index contributed by atoms with van der Waals surface area (Å²) in [6.07, 6.45) is 0. The van der Waals surface area contributed by atoms with Crippen molar-refractivity contribution in [1.29, 1.82) is 0 Å². The molecule has 0 bridgehead atoms. The predicted molar refractivity (Wildman–Crippen MR) is 102 cm³/mol. The molecule has 0 saturated carbocycles. The van der Waals surface area contributed by atoms with Gasteiger partial charge in [-0.25, -0.2) is 0 Å². The van der Waals surface area contributed by atoms with E-state index >= 15 is 0 Å². The van der Waals surface area contributed by atoms with Gasteiger partial charge in [0.25, 0.3) is 0 Å². The van der Waals surface area contributed by atoms with E-state index in [-0.39, 0.29) is 11.6 Å². The predicted octanol–water partition coefficient (Wildman–Crippen LogP) is 3.95. The maximum Gasteiger partial charge on any atom is 0.235 e. The van der Waals surface area contributed by atoms with Crippen molar-refractivity contribution in [3.63, 3.8) is 0 Å². The van der Waals surface area contributed by atoms with Crippen LogP contribution in [0.25, 0.3) is 9.75 Å². The SMILES string of the molecule is C[Si](C)(C)c1cc2c(s1)-c1scc([Si](C)(C)C)c1C(=O)C2=O. The number of carbonyl (C=O) groups excluding carboxylic acids is 2. The van der Waals surface area contributed by atoms with Crippen molar-refractivity contribution in [3.05, 3.63) is 22.6 Å². The summed E-state index contributed by atoms with van der Waals surface area (Å²) in [5, 5.41) is 3.25. The smallest absolute Gasteiger partial charge is 0.235 e. The number of fused-ring (bicyclic) bond motifs is 3. The monoisotopic (exact) mass is 364 g/mol. The Bertz CT molecular complexity index is 801. The van der Waals surface area contributed by atoms with Crippen LogP contribution in [0.1, 0.15) is 20.7 Å². The molecule has 0 spiro atoms. The van der Waals surface area contributed by atoms with Gasteiger partial charge in [0.15, 0.2) is 0 Å². The Balaban J connectivity index is 2.29. The van der Waals surface area contributed by atoms with Gasteiger partial charge in [-0.3, -0.25) is 9.59 Å². The van der Waals surface area contributed by atoms with Crippen LogP contribution in [-0.2, 0) is 0 Å². The van der Waals surface area contributed by atoms with Crippen LogP contribution in [0.5, 0.6) is 0 Å². The minimum atomic E-state index is -1.63. The highest BCUT2D eigenvalue weighted by molar-refractivity contribution is 7.31. The standard InChI is InChI=1S/C16H20O2S2Si2/c1-21(2,3)10-8-19-16-12(10)14(18)13(17)9-7-11(20-15(9)16)22(4,5)6/h7-8H,1-6H3. The average molecular weight is 365 g/mol. The van der Waals surface area contributed by atoms with Crippen LogP contribution in [0.2, 0.25) is 39.3 Å². The molecule has 2 aromatic rings. The Hall–Kier alpha value is -0.826. The third-order valence-electron chi connectivity index (χ3n) is 3.95. The van der Waals surface area contributed by atoms with Crippen LogP contribution in [0.15, 0.2) is 11.4 Å². The number of hydrogen-bond donors (Lipinski definition) is 0. The highest BCUT2D eigenvalue weighted by Gasteiger charge is 2.39. The molecule has 0 saturated heterocycles. The second kappa shape index (κ2) is 4.83. The Labute approximate surface area is 141 Å². The van der Waals surface area contributed by atoms with Crippen molar-refractivity contribution in [1.82, 2.24) is 0 Å². The normalized spacial score (nSPS) is 15.0. The van der Waals surface area contributed by atoms with Crippen LogP contribution in [-0.4, -0.2) is 27.7 Å². The number of rotatable bonds is 2. The fourth-order valence-corrected chi connectivity index (χ4v) is 9.43. The van der Waals surface area contributed by atoms with Crippen molar-refractivity contribution in [2.45, 2.75) is 39.3 Å². The Kier molecular flexibility index (Phi) is 3.53. The second-order valence-electron chi connectivity index (χ2n) is 7.87. The maximum atomic E-state index is 12.7. The molecule has 0 atom stereocenters. The molecule has 1 aliphatic rings. The highest BCUT2D eigenvalue weighted by atomic mass is 32.1. The molecule has 2 aromatic heterocycles. The van der Waals surface area contributed by atoms with Crippen molar-refractivity contribution in [2.75, 3.05) is 0 Å². The maximum absolute atomic E-state index is 12.7. The number of carbonyl (C=O) groups is 2. The molecular weight excluding hydrogens is 344 g/mol. The first-order valence-corrected chi connectivity index (χ1v) is 16.1. The lowest BCUT2D eigenvalue weighted by atomic mass is 9.95. The summed E-state index contributed by atoms with van der Waals surface area (Å²) < 4.78 is 1.30. The summed E-state index contributed by atoms with van der Waals surface area (Å²) in [4.78, 5) is 27.3. The lowest BCUT2D eigenvalue weighted by Gasteiger charge is -2.19. The summed E-state index contributed by atoms with van der Waals surface area (Å²) in [6.45, 7) is 13.5. The zero-order chi connectivity index (χ0) is 16.4. The van der Waals surface area contributed by atoms with Gasteiger partial charge in [0.2, 0.25) is 11.6 Å². The first-order valence-electron chi connectivity index (χ1n) is 7.37. The summed E-state index contributed by atoms with van der Waals surface area (Å²) in [7, 11) is -3.12. The summed E-state index contributed by atoms with van der Waals surface area (Å²) >= 11 is 3.37. The number of thiophene rings is 2. The quantitative estimate of drug-likeness (QED) is 0.597. The van der Waals surface area contributed by atoms with E-state index in [4.69, 9.17) is 0 Å². The van der Waals surface area contributed by atoms with Gasteiger partial charge in [0.05, 0.1) is 25.9 Å². The molecule has 0 fully saturated rings. The Morgan fingerprint density at radius 2 is 1.50 bits per heavy atom. The topological polar surface area (TPSA) is 34.1 Å². The van der Waals surface area contributed by atoms with Gasteiger partial charge in [-0.2, -0.15) is 0 Å². The van der Waals surface area contributed by atoms with Crippen LogP contribution < -0.4 is 9.69 Å². The molecular formula is C16H20O2S2Si2. The first kappa shape index (κ1) is 16.0. The van der Waals surface area contributed by atoms with Crippen molar-refractivity contribution < 1.29 is 9.59 Å². The van der Waals surface area contributed by atoms with Gasteiger partial charge in [0.1, 0.15) is 0 Å². The molecule has 0 unspecified atom stereocenters. The second-order valence-corrected chi connectivity index (χ2v) is 20.2. The molecule has 0 aromatic carbocycles. The molecule has 0 aliphatic heterocycles. The molecule has 2 heterocycles. The molecule has 0 N–H and O–H groups in total. The van der Waals surface area contributed by atoms with E-state index in [1.54, 1.807) is 22.7 Å². The molecule has 6 heteroatoms. The third-order valence-corrected chi connectivity index (χ3v) is 12.0. The zero-order valence-electron chi connectivity index (χ0n) is 13.8. The number of hydrogen-bond acceptors (Lipinski definition) is 4. The van der Waals surface area contributed by atoms with E-state index in [0.717, 1.165) is 14.9 Å². The van der Waals surface area contributed by atoms with Gasteiger partial charge in [-0.05, 0) is 21.1 Å². The minimum Gasteiger partial charge on any atom is -0.285 e. The summed E-state index contributed by atoms with van der Waals surface area (Å²) in [5.74, 6) is -0.595. The van der Waals surface area contributed by atoms with E-state index in [9.17, 15) is 9.59 Å². The summed E-state index contributed by atoms with van der Waals surface area (Å²) in [6, 6.07) is 1.99. The molecule has 2 nitrogen and oxygen atoms in total.